The van der Waals surface area contributed by atoms with Crippen molar-refractivity contribution in [2.75, 3.05) is 0 Å². The molecule has 1 atom stereocenters. The van der Waals surface area contributed by atoms with Gasteiger partial charge in [0.05, 0.1) is 0 Å². The number of hydrogen-bond acceptors (Lipinski definition) is 3. The lowest BCUT2D eigenvalue weighted by Crippen LogP contribution is -2.58. The Kier molecular flexibility index (Phi) is 4.01. The van der Waals surface area contributed by atoms with Crippen molar-refractivity contribution in [1.29, 1.82) is 0 Å². The number of nitrogens with one attached hydrogen (secondary N) is 1. The summed E-state index contributed by atoms with van der Waals surface area (Å²) in [5, 5.41) is 14.8. The molecule has 0 radical (unpaired) electrons. The monoisotopic (exact) mass is 241 g/mol. The summed E-state index contributed by atoms with van der Waals surface area (Å²) in [4.78, 5) is 12.2. The van der Waals surface area contributed by atoms with E-state index in [-0.39, 0.29) is 17.8 Å². The second-order valence-electron chi connectivity index (χ2n) is 5.59. The van der Waals surface area contributed by atoms with Crippen LogP contribution in [0, 0.1) is 17.3 Å². The van der Waals surface area contributed by atoms with Gasteiger partial charge in [-0.3, -0.25) is 4.79 Å². The van der Waals surface area contributed by atoms with Crippen LogP contribution >= 0.6 is 0 Å². The molecule has 0 saturated heterocycles. The lowest BCUT2D eigenvalue weighted by Gasteiger charge is -2.44. The van der Waals surface area contributed by atoms with Crippen LogP contribution in [0.1, 0.15) is 40.5 Å². The molecule has 0 heterocycles. The minimum absolute atomic E-state index is 0.0315. The van der Waals surface area contributed by atoms with E-state index < -0.39 is 5.41 Å². The van der Waals surface area contributed by atoms with Gasteiger partial charge in [0.15, 0.2) is 5.84 Å². The van der Waals surface area contributed by atoms with Crippen LogP contribution in [0.25, 0.3) is 0 Å². The van der Waals surface area contributed by atoms with Gasteiger partial charge in [-0.1, -0.05) is 25.9 Å². The van der Waals surface area contributed by atoms with Crippen molar-refractivity contribution in [2.24, 2.45) is 28.1 Å². The highest BCUT2D eigenvalue weighted by atomic mass is 16.4. The van der Waals surface area contributed by atoms with Crippen molar-refractivity contribution in [1.82, 2.24) is 5.32 Å². The molecular formula is C12H23N3O2. The Morgan fingerprint density at radius 1 is 1.47 bits per heavy atom. The van der Waals surface area contributed by atoms with Crippen LogP contribution in [0.5, 0.6) is 0 Å². The second-order valence-corrected chi connectivity index (χ2v) is 5.59. The average Bonchev–Trinajstić information content (AvgIpc) is 2.22. The molecule has 5 heteroatoms. The van der Waals surface area contributed by atoms with Crippen LogP contribution in [0.3, 0.4) is 0 Å². The average molecular weight is 241 g/mol. The first kappa shape index (κ1) is 13.8. The number of amides is 1. The first-order valence-electron chi connectivity index (χ1n) is 6.12. The summed E-state index contributed by atoms with van der Waals surface area (Å²) in [7, 11) is 0. The summed E-state index contributed by atoms with van der Waals surface area (Å²) < 4.78 is 0. The number of nitrogens with zero attached hydrogens (tertiary/aromatic N) is 1. The zero-order chi connectivity index (χ0) is 13.2. The number of carbonyl (C=O) groups is 1. The van der Waals surface area contributed by atoms with Gasteiger partial charge in [0.25, 0.3) is 0 Å². The Labute approximate surface area is 102 Å². The predicted molar refractivity (Wildman–Crippen MR) is 66.7 cm³/mol. The molecule has 1 aliphatic rings. The van der Waals surface area contributed by atoms with Gasteiger partial charge in [0, 0.05) is 6.04 Å². The number of rotatable bonds is 4. The van der Waals surface area contributed by atoms with Crippen molar-refractivity contribution in [3.63, 3.8) is 0 Å². The Morgan fingerprint density at radius 3 is 2.35 bits per heavy atom. The van der Waals surface area contributed by atoms with Crippen molar-refractivity contribution in [3.8, 4) is 0 Å². The molecule has 5 nitrogen and oxygen atoms in total. The number of nitrogens with two attached hydrogens (primary N) is 1. The summed E-state index contributed by atoms with van der Waals surface area (Å²) in [5.41, 5.74) is 4.87. The molecule has 0 spiro atoms. The molecule has 1 saturated carbocycles. The molecule has 1 amide bonds. The fraction of sp³-hybridized carbons (Fsp3) is 0.833. The Balaban J connectivity index is 2.77. The molecule has 4 N–H and O–H groups in total. The van der Waals surface area contributed by atoms with Gasteiger partial charge >= 0.3 is 0 Å². The molecule has 0 bridgehead atoms. The van der Waals surface area contributed by atoms with Gasteiger partial charge in [-0.25, -0.2) is 0 Å². The lowest BCUT2D eigenvalue weighted by molar-refractivity contribution is -0.134. The van der Waals surface area contributed by atoms with Gasteiger partial charge < -0.3 is 16.3 Å². The molecule has 1 fully saturated rings. The molecule has 1 rings (SSSR count). The second kappa shape index (κ2) is 4.94. The SMILES string of the molecule is CC1CC(C(=O)NC(C)C(C)C)(C(N)=NO)C1. The quantitative estimate of drug-likeness (QED) is 0.300. The fourth-order valence-electron chi connectivity index (χ4n) is 2.25. The number of carbonyl (C=O) groups excluding carboxylic acids is 1. The van der Waals surface area contributed by atoms with Crippen molar-refractivity contribution in [3.05, 3.63) is 0 Å². The highest BCUT2D eigenvalue weighted by Gasteiger charge is 2.52. The fourth-order valence-corrected chi connectivity index (χ4v) is 2.25. The zero-order valence-electron chi connectivity index (χ0n) is 11.0. The topological polar surface area (TPSA) is 87.7 Å². The molecule has 0 aliphatic heterocycles. The van der Waals surface area contributed by atoms with E-state index in [1.165, 1.54) is 0 Å². The first-order chi connectivity index (χ1) is 7.83. The van der Waals surface area contributed by atoms with E-state index in [0.717, 1.165) is 0 Å². The normalized spacial score (nSPS) is 30.9. The summed E-state index contributed by atoms with van der Waals surface area (Å²) >= 11 is 0. The first-order valence-corrected chi connectivity index (χ1v) is 6.12. The predicted octanol–water partition coefficient (Wildman–Crippen LogP) is 1.31. The van der Waals surface area contributed by atoms with E-state index in [4.69, 9.17) is 10.9 Å². The summed E-state index contributed by atoms with van der Waals surface area (Å²) in [6, 6.07) is 0.0850. The van der Waals surface area contributed by atoms with Gasteiger partial charge in [-0.2, -0.15) is 0 Å². The molecular weight excluding hydrogens is 218 g/mol. The molecule has 0 aromatic carbocycles. The van der Waals surface area contributed by atoms with Gasteiger partial charge in [-0.15, -0.1) is 0 Å². The Morgan fingerprint density at radius 2 is 2.00 bits per heavy atom. The molecule has 98 valence electrons. The van der Waals surface area contributed by atoms with Crippen LogP contribution in [-0.2, 0) is 4.79 Å². The van der Waals surface area contributed by atoms with Crippen LogP contribution in [-0.4, -0.2) is 23.0 Å². The van der Waals surface area contributed by atoms with Crippen molar-refractivity contribution in [2.45, 2.75) is 46.6 Å². The van der Waals surface area contributed by atoms with Crippen LogP contribution in [0.2, 0.25) is 0 Å². The zero-order valence-corrected chi connectivity index (χ0v) is 11.0. The lowest BCUT2D eigenvalue weighted by atomic mass is 9.61. The third-order valence-electron chi connectivity index (χ3n) is 3.79. The molecule has 1 aliphatic carbocycles. The third kappa shape index (κ3) is 2.53. The summed E-state index contributed by atoms with van der Waals surface area (Å²) in [6.07, 6.45) is 1.30. The van der Waals surface area contributed by atoms with E-state index in [0.29, 0.717) is 24.7 Å². The van der Waals surface area contributed by atoms with Gasteiger partial charge in [0.1, 0.15) is 5.41 Å². The van der Waals surface area contributed by atoms with E-state index >= 15 is 0 Å². The molecule has 0 aromatic rings. The maximum absolute atomic E-state index is 12.2. The van der Waals surface area contributed by atoms with E-state index in [1.54, 1.807) is 0 Å². The summed E-state index contributed by atoms with van der Waals surface area (Å²) in [6.45, 7) is 8.11. The molecule has 0 aromatic heterocycles. The number of hydrogen-bond donors (Lipinski definition) is 3. The van der Waals surface area contributed by atoms with E-state index in [1.807, 2.05) is 20.8 Å². The molecule has 17 heavy (non-hydrogen) atoms. The summed E-state index contributed by atoms with van der Waals surface area (Å²) in [5.74, 6) is 0.715. The largest absolute Gasteiger partial charge is 0.409 e. The van der Waals surface area contributed by atoms with Crippen LogP contribution in [0.15, 0.2) is 5.16 Å². The van der Waals surface area contributed by atoms with Gasteiger partial charge in [-0.05, 0) is 31.6 Å². The van der Waals surface area contributed by atoms with Crippen molar-refractivity contribution >= 4 is 11.7 Å². The highest BCUT2D eigenvalue weighted by molar-refractivity contribution is 6.07. The smallest absolute Gasteiger partial charge is 0.234 e. The van der Waals surface area contributed by atoms with Crippen LogP contribution < -0.4 is 11.1 Å². The maximum Gasteiger partial charge on any atom is 0.234 e. The minimum atomic E-state index is -0.794. The van der Waals surface area contributed by atoms with Crippen molar-refractivity contribution < 1.29 is 10.0 Å². The van der Waals surface area contributed by atoms with Crippen LogP contribution in [0.4, 0.5) is 0 Å². The standard InChI is InChI=1S/C12H23N3O2/c1-7(2)9(4)14-11(16)12(10(13)15-17)5-8(3)6-12/h7-9,17H,5-6H2,1-4H3,(H2,13,15)(H,14,16). The highest BCUT2D eigenvalue weighted by Crippen LogP contribution is 2.46. The molecule has 1 unspecified atom stereocenters. The maximum atomic E-state index is 12.2. The minimum Gasteiger partial charge on any atom is -0.409 e. The van der Waals surface area contributed by atoms with E-state index in [2.05, 4.69) is 17.4 Å². The van der Waals surface area contributed by atoms with Gasteiger partial charge in [0.2, 0.25) is 5.91 Å². The Hall–Kier alpha value is -1.26. The number of oxime groups is 1. The van der Waals surface area contributed by atoms with E-state index in [9.17, 15) is 4.79 Å². The number of amidine groups is 1. The Bertz CT molecular complexity index is 320. The third-order valence-corrected chi connectivity index (χ3v) is 3.79.